The smallest absolute Gasteiger partial charge is 0.269 e. The van der Waals surface area contributed by atoms with Crippen LogP contribution >= 0.6 is 0 Å². The van der Waals surface area contributed by atoms with Crippen molar-refractivity contribution in [1.29, 1.82) is 0 Å². The summed E-state index contributed by atoms with van der Waals surface area (Å²) in [5.74, 6) is -0.515. The van der Waals surface area contributed by atoms with Gasteiger partial charge in [-0.3, -0.25) is 9.20 Å². The van der Waals surface area contributed by atoms with Crippen LogP contribution in [-0.4, -0.2) is 15.3 Å². The molecule has 0 saturated heterocycles. The van der Waals surface area contributed by atoms with Crippen molar-refractivity contribution in [2.75, 3.05) is 0 Å². The van der Waals surface area contributed by atoms with E-state index < -0.39 is 5.91 Å². The summed E-state index contributed by atoms with van der Waals surface area (Å²) in [4.78, 5) is 15.9. The predicted octanol–water partition coefficient (Wildman–Crippen LogP) is 2.41. The Hall–Kier alpha value is -2.62. The van der Waals surface area contributed by atoms with Crippen LogP contribution in [0.3, 0.4) is 0 Å². The van der Waals surface area contributed by atoms with E-state index in [4.69, 9.17) is 5.73 Å². The fourth-order valence-electron chi connectivity index (χ4n) is 2.15. The molecule has 2 aromatic heterocycles. The van der Waals surface area contributed by atoms with Crippen molar-refractivity contribution in [2.45, 2.75) is 6.92 Å². The number of hydrogen-bond acceptors (Lipinski definition) is 2. The molecule has 2 heterocycles. The molecule has 94 valence electrons. The monoisotopic (exact) mass is 251 g/mol. The number of nitrogens with zero attached hydrogens (tertiary/aromatic N) is 2. The number of imidazole rings is 1. The van der Waals surface area contributed by atoms with E-state index in [1.165, 1.54) is 0 Å². The molecule has 1 aromatic carbocycles. The van der Waals surface area contributed by atoms with Crippen LogP contribution in [0.25, 0.3) is 16.9 Å². The molecule has 4 heteroatoms. The van der Waals surface area contributed by atoms with Crippen LogP contribution in [0.15, 0.2) is 48.7 Å². The number of hydrogen-bond donors (Lipinski definition) is 1. The average Bonchev–Trinajstić information content (AvgIpc) is 2.79. The maximum atomic E-state index is 11.6. The van der Waals surface area contributed by atoms with Gasteiger partial charge in [0.1, 0.15) is 5.65 Å². The zero-order chi connectivity index (χ0) is 13.4. The Kier molecular flexibility index (Phi) is 2.56. The lowest BCUT2D eigenvalue weighted by Gasteiger charge is -2.04. The summed E-state index contributed by atoms with van der Waals surface area (Å²) in [7, 11) is 0. The number of rotatable bonds is 2. The van der Waals surface area contributed by atoms with E-state index in [2.05, 4.69) is 4.98 Å². The second-order valence-corrected chi connectivity index (χ2v) is 4.47. The first-order valence-electron chi connectivity index (χ1n) is 6.01. The van der Waals surface area contributed by atoms with E-state index in [1.54, 1.807) is 0 Å². The first-order valence-corrected chi connectivity index (χ1v) is 6.01. The molecule has 3 aromatic rings. The van der Waals surface area contributed by atoms with Gasteiger partial charge in [-0.25, -0.2) is 4.98 Å². The quantitative estimate of drug-likeness (QED) is 0.760. The van der Waals surface area contributed by atoms with Crippen LogP contribution in [0, 0.1) is 6.92 Å². The van der Waals surface area contributed by atoms with E-state index >= 15 is 0 Å². The van der Waals surface area contributed by atoms with Gasteiger partial charge in [0, 0.05) is 11.8 Å². The lowest BCUT2D eigenvalue weighted by Crippen LogP contribution is -2.12. The molecular formula is C15H13N3O. The third-order valence-corrected chi connectivity index (χ3v) is 3.09. The maximum Gasteiger partial charge on any atom is 0.269 e. The first kappa shape index (κ1) is 11.5. The zero-order valence-electron chi connectivity index (χ0n) is 10.5. The van der Waals surface area contributed by atoms with Crippen molar-refractivity contribution in [3.63, 3.8) is 0 Å². The first-order chi connectivity index (χ1) is 9.16. The third-order valence-electron chi connectivity index (χ3n) is 3.09. The molecule has 0 unspecified atom stereocenters. The van der Waals surface area contributed by atoms with Crippen molar-refractivity contribution < 1.29 is 4.79 Å². The van der Waals surface area contributed by atoms with Gasteiger partial charge >= 0.3 is 0 Å². The van der Waals surface area contributed by atoms with Gasteiger partial charge in [0.15, 0.2) is 5.69 Å². The van der Waals surface area contributed by atoms with Gasteiger partial charge < -0.3 is 5.73 Å². The number of aromatic nitrogens is 2. The van der Waals surface area contributed by atoms with Crippen LogP contribution in [-0.2, 0) is 0 Å². The summed E-state index contributed by atoms with van der Waals surface area (Å²) in [6.07, 6.45) is 1.88. The van der Waals surface area contributed by atoms with Gasteiger partial charge in [-0.2, -0.15) is 0 Å². The highest BCUT2D eigenvalue weighted by molar-refractivity contribution is 5.98. The van der Waals surface area contributed by atoms with E-state index in [9.17, 15) is 4.79 Å². The summed E-state index contributed by atoms with van der Waals surface area (Å²) >= 11 is 0. The van der Waals surface area contributed by atoms with Crippen molar-refractivity contribution in [2.24, 2.45) is 5.73 Å². The van der Waals surface area contributed by atoms with E-state index in [0.29, 0.717) is 11.3 Å². The summed E-state index contributed by atoms with van der Waals surface area (Å²) in [6.45, 7) is 2.02. The van der Waals surface area contributed by atoms with Crippen LogP contribution in [0.5, 0.6) is 0 Å². The molecule has 0 aliphatic heterocycles. The molecule has 2 N–H and O–H groups in total. The number of carbonyl (C=O) groups excluding carboxylic acids is 1. The maximum absolute atomic E-state index is 11.6. The van der Waals surface area contributed by atoms with Crippen molar-refractivity contribution in [3.05, 3.63) is 59.9 Å². The second-order valence-electron chi connectivity index (χ2n) is 4.47. The van der Waals surface area contributed by atoms with Gasteiger partial charge in [-0.1, -0.05) is 35.9 Å². The molecule has 19 heavy (non-hydrogen) atoms. The van der Waals surface area contributed by atoms with Gasteiger partial charge in [0.25, 0.3) is 5.91 Å². The fraction of sp³-hybridized carbons (Fsp3) is 0.0667. The zero-order valence-corrected chi connectivity index (χ0v) is 10.5. The largest absolute Gasteiger partial charge is 0.364 e. The molecule has 0 atom stereocenters. The number of carbonyl (C=O) groups is 1. The molecule has 1 amide bonds. The van der Waals surface area contributed by atoms with Crippen LogP contribution in [0.1, 0.15) is 16.1 Å². The number of benzene rings is 1. The van der Waals surface area contributed by atoms with Gasteiger partial charge in [0.05, 0.1) is 5.69 Å². The minimum Gasteiger partial charge on any atom is -0.364 e. The average molecular weight is 251 g/mol. The highest BCUT2D eigenvalue weighted by Crippen LogP contribution is 2.25. The van der Waals surface area contributed by atoms with E-state index in [1.807, 2.05) is 60.0 Å². The van der Waals surface area contributed by atoms with Crippen LogP contribution < -0.4 is 5.73 Å². The molecule has 0 saturated carbocycles. The Bertz CT molecular complexity index is 757. The highest BCUT2D eigenvalue weighted by atomic mass is 16.1. The number of pyridine rings is 1. The molecule has 0 aliphatic rings. The molecule has 3 rings (SSSR count). The Morgan fingerprint density at radius 2 is 1.89 bits per heavy atom. The number of primary amides is 1. The Morgan fingerprint density at radius 3 is 2.58 bits per heavy atom. The van der Waals surface area contributed by atoms with Gasteiger partial charge in [-0.15, -0.1) is 0 Å². The molecular weight excluding hydrogens is 238 g/mol. The minimum atomic E-state index is -0.515. The molecule has 0 spiro atoms. The van der Waals surface area contributed by atoms with Crippen LogP contribution in [0.4, 0.5) is 0 Å². The normalized spacial score (nSPS) is 10.8. The van der Waals surface area contributed by atoms with Crippen molar-refractivity contribution in [1.82, 2.24) is 9.38 Å². The number of amides is 1. The number of aryl methyl sites for hydroxylation is 1. The third kappa shape index (κ3) is 1.87. The molecule has 0 fully saturated rings. The molecule has 0 bridgehead atoms. The lowest BCUT2D eigenvalue weighted by molar-refractivity contribution is 0.0997. The lowest BCUT2D eigenvalue weighted by atomic mass is 10.1. The second kappa shape index (κ2) is 4.24. The summed E-state index contributed by atoms with van der Waals surface area (Å²) in [5.41, 5.74) is 9.28. The number of nitrogens with two attached hydrogens (primary N) is 1. The predicted molar refractivity (Wildman–Crippen MR) is 73.9 cm³/mol. The summed E-state index contributed by atoms with van der Waals surface area (Å²) in [6, 6.07) is 13.6. The van der Waals surface area contributed by atoms with Crippen molar-refractivity contribution >= 4 is 11.6 Å². The Morgan fingerprint density at radius 1 is 1.16 bits per heavy atom. The molecule has 4 nitrogen and oxygen atoms in total. The van der Waals surface area contributed by atoms with Crippen LogP contribution in [0.2, 0.25) is 0 Å². The Balaban J connectivity index is 2.34. The minimum absolute atomic E-state index is 0.301. The van der Waals surface area contributed by atoms with Gasteiger partial charge in [0.2, 0.25) is 0 Å². The van der Waals surface area contributed by atoms with Crippen molar-refractivity contribution in [3.8, 4) is 11.3 Å². The van der Waals surface area contributed by atoms with Gasteiger partial charge in [-0.05, 0) is 19.1 Å². The Labute approximate surface area is 110 Å². The van der Waals surface area contributed by atoms with E-state index in [0.717, 1.165) is 16.8 Å². The molecule has 0 radical (unpaired) electrons. The van der Waals surface area contributed by atoms with E-state index in [-0.39, 0.29) is 0 Å². The number of fused-ring (bicyclic) bond motifs is 1. The highest BCUT2D eigenvalue weighted by Gasteiger charge is 2.17. The standard InChI is InChI=1S/C15H13N3O/c1-10-5-7-11(8-6-10)14-13(15(16)19)17-12-4-2-3-9-18(12)14/h2-9H,1H3,(H2,16,19). The summed E-state index contributed by atoms with van der Waals surface area (Å²) < 4.78 is 1.88. The SMILES string of the molecule is Cc1ccc(-c2c(C(N)=O)nc3ccccn23)cc1. The summed E-state index contributed by atoms with van der Waals surface area (Å²) in [5, 5.41) is 0. The molecule has 0 aliphatic carbocycles. The topological polar surface area (TPSA) is 60.4 Å². The fourth-order valence-corrected chi connectivity index (χ4v) is 2.15.